The first-order valence-corrected chi connectivity index (χ1v) is 6.76. The highest BCUT2D eigenvalue weighted by atomic mass is 16.5. The quantitative estimate of drug-likeness (QED) is 0.863. The van der Waals surface area contributed by atoms with Gasteiger partial charge in [0, 0.05) is 12.8 Å². The summed E-state index contributed by atoms with van der Waals surface area (Å²) in [6.45, 7) is 4.13. The van der Waals surface area contributed by atoms with Crippen molar-refractivity contribution in [3.63, 3.8) is 0 Å². The van der Waals surface area contributed by atoms with Gasteiger partial charge < -0.3 is 10.1 Å². The van der Waals surface area contributed by atoms with Crippen LogP contribution >= 0.6 is 0 Å². The van der Waals surface area contributed by atoms with Crippen molar-refractivity contribution in [1.82, 2.24) is 15.1 Å². The van der Waals surface area contributed by atoms with Crippen LogP contribution in [0.2, 0.25) is 0 Å². The summed E-state index contributed by atoms with van der Waals surface area (Å²) in [7, 11) is 0. The standard InChI is InChI=1S/C13H21N3O/c1-2-13(17-7-1)10-16-9-12(8-15-16)11-3-5-14-6-4-11/h8-9,11,13-14H,1-7,10H2/t13-/m0/s1. The van der Waals surface area contributed by atoms with E-state index in [9.17, 15) is 0 Å². The molecule has 1 aromatic heterocycles. The molecule has 1 N–H and O–H groups in total. The van der Waals surface area contributed by atoms with E-state index in [4.69, 9.17) is 4.74 Å². The molecule has 0 saturated carbocycles. The third-order valence-electron chi connectivity index (χ3n) is 3.88. The topological polar surface area (TPSA) is 39.1 Å². The second kappa shape index (κ2) is 5.19. The van der Waals surface area contributed by atoms with E-state index in [-0.39, 0.29) is 0 Å². The maximum atomic E-state index is 5.64. The predicted molar refractivity (Wildman–Crippen MR) is 66.0 cm³/mol. The normalized spacial score (nSPS) is 26.5. The highest BCUT2D eigenvalue weighted by Gasteiger charge is 2.19. The Balaban J connectivity index is 1.60. The van der Waals surface area contributed by atoms with Gasteiger partial charge >= 0.3 is 0 Å². The largest absolute Gasteiger partial charge is 0.376 e. The minimum atomic E-state index is 0.385. The van der Waals surface area contributed by atoms with E-state index >= 15 is 0 Å². The Labute approximate surface area is 102 Å². The maximum absolute atomic E-state index is 5.64. The Morgan fingerprint density at radius 3 is 3.00 bits per heavy atom. The molecular weight excluding hydrogens is 214 g/mol. The fraction of sp³-hybridized carbons (Fsp3) is 0.769. The molecule has 0 radical (unpaired) electrons. The molecule has 1 atom stereocenters. The van der Waals surface area contributed by atoms with Gasteiger partial charge in [-0.05, 0) is 50.3 Å². The van der Waals surface area contributed by atoms with Crippen molar-refractivity contribution in [3.8, 4) is 0 Å². The third-order valence-corrected chi connectivity index (χ3v) is 3.88. The van der Waals surface area contributed by atoms with Gasteiger partial charge in [0.15, 0.2) is 0 Å². The van der Waals surface area contributed by atoms with E-state index in [1.165, 1.54) is 31.2 Å². The van der Waals surface area contributed by atoms with Crippen LogP contribution < -0.4 is 5.32 Å². The van der Waals surface area contributed by atoms with Crippen molar-refractivity contribution in [1.29, 1.82) is 0 Å². The average molecular weight is 235 g/mol. The van der Waals surface area contributed by atoms with Crippen LogP contribution in [0.3, 0.4) is 0 Å². The molecule has 0 spiro atoms. The van der Waals surface area contributed by atoms with Crippen LogP contribution in [-0.4, -0.2) is 35.6 Å². The van der Waals surface area contributed by atoms with Gasteiger partial charge in [-0.1, -0.05) is 0 Å². The third kappa shape index (κ3) is 2.69. The number of aromatic nitrogens is 2. The summed E-state index contributed by atoms with van der Waals surface area (Å²) >= 11 is 0. The molecule has 0 aromatic carbocycles. The summed E-state index contributed by atoms with van der Waals surface area (Å²) in [5.74, 6) is 0.703. The van der Waals surface area contributed by atoms with Crippen LogP contribution in [0.15, 0.2) is 12.4 Å². The average Bonchev–Trinajstić information content (AvgIpc) is 3.02. The molecule has 2 aliphatic heterocycles. The second-order valence-electron chi connectivity index (χ2n) is 5.16. The molecule has 2 aliphatic rings. The minimum Gasteiger partial charge on any atom is -0.376 e. The molecule has 0 unspecified atom stereocenters. The zero-order valence-corrected chi connectivity index (χ0v) is 10.3. The Morgan fingerprint density at radius 1 is 1.35 bits per heavy atom. The van der Waals surface area contributed by atoms with Crippen molar-refractivity contribution in [2.45, 2.75) is 44.2 Å². The van der Waals surface area contributed by atoms with Gasteiger partial charge in [0.05, 0.1) is 18.8 Å². The van der Waals surface area contributed by atoms with E-state index in [0.29, 0.717) is 12.0 Å². The number of hydrogen-bond acceptors (Lipinski definition) is 3. The lowest BCUT2D eigenvalue weighted by Gasteiger charge is -2.21. The monoisotopic (exact) mass is 235 g/mol. The highest BCUT2D eigenvalue weighted by Crippen LogP contribution is 2.24. The Bertz CT molecular complexity index is 351. The highest BCUT2D eigenvalue weighted by molar-refractivity contribution is 5.12. The smallest absolute Gasteiger partial charge is 0.0771 e. The number of hydrogen-bond donors (Lipinski definition) is 1. The van der Waals surface area contributed by atoms with E-state index in [2.05, 4.69) is 21.3 Å². The van der Waals surface area contributed by atoms with Crippen LogP contribution in [0.5, 0.6) is 0 Å². The van der Waals surface area contributed by atoms with Crippen molar-refractivity contribution >= 4 is 0 Å². The first kappa shape index (κ1) is 11.2. The molecule has 94 valence electrons. The van der Waals surface area contributed by atoms with Crippen molar-refractivity contribution in [2.24, 2.45) is 0 Å². The lowest BCUT2D eigenvalue weighted by atomic mass is 9.93. The molecule has 1 aromatic rings. The fourth-order valence-corrected chi connectivity index (χ4v) is 2.84. The summed E-state index contributed by atoms with van der Waals surface area (Å²) in [5.41, 5.74) is 1.41. The lowest BCUT2D eigenvalue weighted by Crippen LogP contribution is -2.26. The van der Waals surface area contributed by atoms with Crippen LogP contribution in [0.4, 0.5) is 0 Å². The first-order valence-electron chi connectivity index (χ1n) is 6.76. The molecule has 0 amide bonds. The van der Waals surface area contributed by atoms with Crippen molar-refractivity contribution in [2.75, 3.05) is 19.7 Å². The van der Waals surface area contributed by atoms with Crippen LogP contribution in [-0.2, 0) is 11.3 Å². The van der Waals surface area contributed by atoms with E-state index in [0.717, 1.165) is 26.2 Å². The maximum Gasteiger partial charge on any atom is 0.0771 e. The number of piperidine rings is 1. The second-order valence-corrected chi connectivity index (χ2v) is 5.16. The molecular formula is C13H21N3O. The molecule has 0 aliphatic carbocycles. The summed E-state index contributed by atoms with van der Waals surface area (Å²) in [6.07, 6.45) is 9.52. The predicted octanol–water partition coefficient (Wildman–Crippen LogP) is 1.53. The Hall–Kier alpha value is -0.870. The number of nitrogens with one attached hydrogen (secondary N) is 1. The summed E-state index contributed by atoms with van der Waals surface area (Å²) in [6, 6.07) is 0. The summed E-state index contributed by atoms with van der Waals surface area (Å²) < 4.78 is 7.70. The summed E-state index contributed by atoms with van der Waals surface area (Å²) in [5, 5.41) is 7.87. The zero-order chi connectivity index (χ0) is 11.5. The fourth-order valence-electron chi connectivity index (χ4n) is 2.84. The minimum absolute atomic E-state index is 0.385. The summed E-state index contributed by atoms with van der Waals surface area (Å²) in [4.78, 5) is 0. The molecule has 0 bridgehead atoms. The molecule has 3 rings (SSSR count). The van der Waals surface area contributed by atoms with Gasteiger partial charge in [0.2, 0.25) is 0 Å². The van der Waals surface area contributed by atoms with Gasteiger partial charge in [-0.25, -0.2) is 0 Å². The van der Waals surface area contributed by atoms with E-state index in [1.807, 2.05) is 6.20 Å². The van der Waals surface area contributed by atoms with E-state index in [1.54, 1.807) is 0 Å². The SMILES string of the molecule is c1nn(C[C@@H]2CCCO2)cc1C1CCNCC1. The van der Waals surface area contributed by atoms with Gasteiger partial charge in [-0.15, -0.1) is 0 Å². The molecule has 17 heavy (non-hydrogen) atoms. The van der Waals surface area contributed by atoms with Gasteiger partial charge in [-0.2, -0.15) is 5.10 Å². The Morgan fingerprint density at radius 2 is 2.24 bits per heavy atom. The van der Waals surface area contributed by atoms with Crippen molar-refractivity contribution in [3.05, 3.63) is 18.0 Å². The van der Waals surface area contributed by atoms with Crippen LogP contribution in [0.1, 0.15) is 37.2 Å². The molecule has 4 nitrogen and oxygen atoms in total. The zero-order valence-electron chi connectivity index (χ0n) is 10.3. The molecule has 3 heterocycles. The van der Waals surface area contributed by atoms with Crippen molar-refractivity contribution < 1.29 is 4.74 Å². The molecule has 2 saturated heterocycles. The first-order chi connectivity index (χ1) is 8.42. The van der Waals surface area contributed by atoms with E-state index < -0.39 is 0 Å². The molecule has 4 heteroatoms. The lowest BCUT2D eigenvalue weighted by molar-refractivity contribution is 0.0940. The van der Waals surface area contributed by atoms with Gasteiger partial charge in [-0.3, -0.25) is 4.68 Å². The van der Waals surface area contributed by atoms with Gasteiger partial charge in [0.1, 0.15) is 0 Å². The van der Waals surface area contributed by atoms with Gasteiger partial charge in [0.25, 0.3) is 0 Å². The van der Waals surface area contributed by atoms with Crippen LogP contribution in [0, 0.1) is 0 Å². The number of rotatable bonds is 3. The van der Waals surface area contributed by atoms with Crippen LogP contribution in [0.25, 0.3) is 0 Å². The number of nitrogens with zero attached hydrogens (tertiary/aromatic N) is 2. The Kier molecular flexibility index (Phi) is 3.43. The molecule has 2 fully saturated rings. The number of ether oxygens (including phenoxy) is 1.